The van der Waals surface area contributed by atoms with Gasteiger partial charge in [-0.2, -0.15) is 0 Å². The molecular weight excluding hydrogens is 815 g/mol. The number of amides is 4. The van der Waals surface area contributed by atoms with Gasteiger partial charge >= 0.3 is 12.2 Å². The largest absolute Gasteiger partial charge is 0.488 e. The third-order valence-electron chi connectivity index (χ3n) is 14.1. The Hall–Kier alpha value is -5.96. The van der Waals surface area contributed by atoms with Crippen molar-refractivity contribution in [3.63, 3.8) is 0 Å². The number of methoxy groups -OCH3 is 2. The van der Waals surface area contributed by atoms with Crippen molar-refractivity contribution in [1.82, 2.24) is 30.4 Å². The first kappa shape index (κ1) is 43.3. The van der Waals surface area contributed by atoms with Gasteiger partial charge in [0.15, 0.2) is 0 Å². The number of carbonyl (C=O) groups excluding carboxylic acids is 4. The fourth-order valence-electron chi connectivity index (χ4n) is 10.7. The maximum Gasteiger partial charge on any atom is 0.407 e. The highest BCUT2D eigenvalue weighted by molar-refractivity contribution is 6.07. The number of imidazole rings is 1. The van der Waals surface area contributed by atoms with Crippen LogP contribution in [0.2, 0.25) is 0 Å². The van der Waals surface area contributed by atoms with Crippen LogP contribution in [-0.4, -0.2) is 107 Å². The number of carbonyl (C=O) groups is 4. The first-order valence-electron chi connectivity index (χ1n) is 22.9. The molecule has 3 saturated heterocycles. The van der Waals surface area contributed by atoms with Gasteiger partial charge in [-0.05, 0) is 115 Å². The van der Waals surface area contributed by atoms with Crippen molar-refractivity contribution < 1.29 is 38.1 Å². The van der Waals surface area contributed by atoms with E-state index in [4.69, 9.17) is 28.9 Å². The second-order valence-corrected chi connectivity index (χ2v) is 18.3. The van der Waals surface area contributed by atoms with Gasteiger partial charge in [0.25, 0.3) is 0 Å². The van der Waals surface area contributed by atoms with Crippen molar-refractivity contribution >= 4 is 46.2 Å². The van der Waals surface area contributed by atoms with Gasteiger partial charge < -0.3 is 44.4 Å². The number of ether oxygens (including phenoxy) is 4. The number of H-pyrrole nitrogens is 1. The number of aliphatic imine (C=N–C) groups is 1. The van der Waals surface area contributed by atoms with Gasteiger partial charge in [0.2, 0.25) is 11.8 Å². The molecule has 338 valence electrons. The van der Waals surface area contributed by atoms with Crippen molar-refractivity contribution in [1.29, 1.82) is 0 Å². The first-order valence-corrected chi connectivity index (χ1v) is 22.9. The summed E-state index contributed by atoms with van der Waals surface area (Å²) in [6, 6.07) is 13.1. The molecule has 3 fully saturated rings. The van der Waals surface area contributed by atoms with Crippen LogP contribution in [-0.2, 0) is 36.8 Å². The van der Waals surface area contributed by atoms with Gasteiger partial charge in [0.05, 0.1) is 50.5 Å². The summed E-state index contributed by atoms with van der Waals surface area (Å²) in [7, 11) is 2.62. The quantitative estimate of drug-likeness (QED) is 0.144. The lowest BCUT2D eigenvalue weighted by molar-refractivity contribution is -0.138. The van der Waals surface area contributed by atoms with E-state index in [9.17, 15) is 19.2 Å². The number of rotatable bonds is 10. The van der Waals surface area contributed by atoms with Crippen LogP contribution in [0, 0.1) is 11.8 Å². The number of alkyl carbamates (subject to hydrolysis) is 2. The lowest BCUT2D eigenvalue weighted by Crippen LogP contribution is -2.57. The second-order valence-electron chi connectivity index (χ2n) is 18.3. The van der Waals surface area contributed by atoms with E-state index in [0.29, 0.717) is 32.1 Å². The van der Waals surface area contributed by atoms with Crippen LogP contribution in [0.3, 0.4) is 0 Å². The van der Waals surface area contributed by atoms with Crippen molar-refractivity contribution in [2.24, 2.45) is 16.8 Å². The molecule has 0 radical (unpaired) electrons. The van der Waals surface area contributed by atoms with Crippen LogP contribution in [0.15, 0.2) is 53.7 Å². The van der Waals surface area contributed by atoms with Crippen LogP contribution in [0.4, 0.5) is 15.3 Å². The van der Waals surface area contributed by atoms with Gasteiger partial charge in [-0.1, -0.05) is 39.0 Å². The molecule has 0 unspecified atom stereocenters. The van der Waals surface area contributed by atoms with E-state index >= 15 is 0 Å². The van der Waals surface area contributed by atoms with E-state index in [2.05, 4.69) is 65.0 Å². The zero-order valence-electron chi connectivity index (χ0n) is 37.6. The highest BCUT2D eigenvalue weighted by atomic mass is 16.5. The molecule has 0 bridgehead atoms. The summed E-state index contributed by atoms with van der Waals surface area (Å²) in [4.78, 5) is 70.4. The highest BCUT2D eigenvalue weighted by Gasteiger charge is 2.45. The predicted octanol–water partition coefficient (Wildman–Crippen LogP) is 7.77. The van der Waals surface area contributed by atoms with Gasteiger partial charge in [0, 0.05) is 42.3 Å². The monoisotopic (exact) mass is 873 g/mol. The first-order chi connectivity index (χ1) is 31.0. The number of nitrogens with one attached hydrogen (secondary N) is 3. The molecule has 5 aliphatic rings. The molecule has 15 nitrogen and oxygen atoms in total. The summed E-state index contributed by atoms with van der Waals surface area (Å²) in [5, 5.41) is 7.78. The number of hydrogen-bond donors (Lipinski definition) is 3. The van der Waals surface area contributed by atoms with Crippen molar-refractivity contribution in [3.8, 4) is 28.1 Å². The molecule has 4 aromatic rings. The van der Waals surface area contributed by atoms with Crippen LogP contribution >= 0.6 is 0 Å². The molecule has 5 aliphatic heterocycles. The molecule has 4 amide bonds. The molecule has 3 aromatic carbocycles. The Kier molecular flexibility index (Phi) is 12.1. The fourth-order valence-corrected chi connectivity index (χ4v) is 10.7. The van der Waals surface area contributed by atoms with Crippen LogP contribution in [0.5, 0.6) is 5.75 Å². The zero-order chi connectivity index (χ0) is 44.8. The summed E-state index contributed by atoms with van der Waals surface area (Å²) >= 11 is 0. The molecule has 15 heteroatoms. The average molecular weight is 874 g/mol. The normalized spacial score (nSPS) is 23.4. The van der Waals surface area contributed by atoms with Crippen molar-refractivity contribution in [2.75, 3.05) is 27.4 Å². The number of aromatic nitrogens is 2. The number of benzene rings is 3. The molecule has 6 heterocycles. The topological polar surface area (TPSA) is 177 Å². The molecule has 64 heavy (non-hydrogen) atoms. The number of fused-ring (bicyclic) bond motifs is 6. The number of nitrogens with zero attached hydrogens (tertiary/aromatic N) is 4. The second kappa shape index (κ2) is 17.9. The maximum absolute atomic E-state index is 14.6. The molecule has 7 atom stereocenters. The molecule has 0 aliphatic carbocycles. The van der Waals surface area contributed by atoms with Crippen LogP contribution < -0.4 is 15.4 Å². The van der Waals surface area contributed by atoms with Crippen molar-refractivity contribution in [2.45, 2.75) is 122 Å². The van der Waals surface area contributed by atoms with Gasteiger partial charge in [-0.3, -0.25) is 14.6 Å². The van der Waals surface area contributed by atoms with Gasteiger partial charge in [-0.15, -0.1) is 0 Å². The lowest BCUT2D eigenvalue weighted by Gasteiger charge is -2.37. The van der Waals surface area contributed by atoms with E-state index in [-0.39, 0.29) is 47.8 Å². The SMILES string of the molecule is CC[C@H]1CC[C@@H](C2=Nc3ccc4cc5c(cc4c3C2)OCc2cc(-c3cnc([C@@H]4CC[C@H](C)N4C(=O)[C@@H](NC(=O)OC)C(C)C)[nH]3)ccc2-5)N1C(=O)[C@@H](NC(=O)OC)[C@@H]1CCCOC1. The molecular formula is C49H59N7O8. The van der Waals surface area contributed by atoms with E-state index in [1.54, 1.807) is 0 Å². The van der Waals surface area contributed by atoms with E-state index in [0.717, 1.165) is 106 Å². The third kappa shape index (κ3) is 7.96. The molecule has 0 saturated carbocycles. The Labute approximate surface area is 373 Å². The minimum absolute atomic E-state index is 0.0143. The Bertz CT molecular complexity index is 2490. The predicted molar refractivity (Wildman–Crippen MR) is 241 cm³/mol. The van der Waals surface area contributed by atoms with Crippen LogP contribution in [0.25, 0.3) is 33.2 Å². The lowest BCUT2D eigenvalue weighted by atomic mass is 9.90. The minimum atomic E-state index is -0.738. The van der Waals surface area contributed by atoms with Crippen molar-refractivity contribution in [3.05, 3.63) is 65.6 Å². The van der Waals surface area contributed by atoms with Gasteiger partial charge in [0.1, 0.15) is 30.3 Å². The Balaban J connectivity index is 0.939. The Morgan fingerprint density at radius 2 is 1.70 bits per heavy atom. The average Bonchev–Trinajstić information content (AvgIpc) is 4.14. The summed E-state index contributed by atoms with van der Waals surface area (Å²) < 4.78 is 22.0. The van der Waals surface area contributed by atoms with Gasteiger partial charge in [-0.25, -0.2) is 14.6 Å². The molecule has 3 N–H and O–H groups in total. The van der Waals surface area contributed by atoms with Crippen LogP contribution in [0.1, 0.15) is 95.6 Å². The third-order valence-corrected chi connectivity index (χ3v) is 14.1. The van der Waals surface area contributed by atoms with E-state index in [1.165, 1.54) is 14.2 Å². The summed E-state index contributed by atoms with van der Waals surface area (Å²) in [6.07, 6.45) is 6.90. The summed E-state index contributed by atoms with van der Waals surface area (Å²) in [6.45, 7) is 9.44. The molecule has 1 aromatic heterocycles. The van der Waals surface area contributed by atoms with E-state index in [1.807, 2.05) is 36.8 Å². The molecule has 9 rings (SSSR count). The Morgan fingerprint density at radius 3 is 2.45 bits per heavy atom. The highest BCUT2D eigenvalue weighted by Crippen LogP contribution is 2.45. The summed E-state index contributed by atoms with van der Waals surface area (Å²) in [5.41, 5.74) is 8.01. The number of aromatic amines is 1. The Morgan fingerprint density at radius 1 is 0.906 bits per heavy atom. The molecule has 0 spiro atoms. The summed E-state index contributed by atoms with van der Waals surface area (Å²) in [5.74, 6) is 1.03. The number of likely N-dealkylation sites (tertiary alicyclic amines) is 2. The fraction of sp³-hybridized carbons (Fsp3) is 0.510. The zero-order valence-corrected chi connectivity index (χ0v) is 37.6. The minimum Gasteiger partial charge on any atom is -0.488 e. The number of hydrogen-bond acceptors (Lipinski definition) is 10. The standard InChI is InChI=1S/C49H59N7O8/c1-7-32-13-17-40(56(32)47(58)44(54-49(60)62-6)30-9-8-18-63-24-30)38-21-35-34-22-42-36(20-28(34)12-15-37(35)51-38)33-14-11-29(19-31(33)25-64-42)39-23-50-45(52-39)41-16-10-27(4)55(41)46(57)43(26(2)3)53-48(59)61-5/h11-12,14-15,19-20,22-23,26-27,30,32,40-41,43-44H,7-10,13,16-18,21,24-25H2,1-6H3,(H,50,52)(H,53,59)(H,54,60)/t27-,30+,32-,40-,41-,43-,44-/m0/s1. The smallest absolute Gasteiger partial charge is 0.407 e. The maximum atomic E-state index is 14.6. The van der Waals surface area contributed by atoms with E-state index < -0.39 is 24.3 Å².